The number of hydrogen-bond donors (Lipinski definition) is 0. The van der Waals surface area contributed by atoms with Gasteiger partial charge in [-0.2, -0.15) is 13.8 Å². The van der Waals surface area contributed by atoms with Gasteiger partial charge in [0.25, 0.3) is 0 Å². The fourth-order valence-corrected chi connectivity index (χ4v) is 0.669. The van der Waals surface area contributed by atoms with Crippen molar-refractivity contribution < 1.29 is 8.78 Å². The number of nitrogens with zero attached hydrogens (tertiary/aromatic N) is 2. The molecule has 0 aliphatic carbocycles. The van der Waals surface area contributed by atoms with E-state index in [1.165, 1.54) is 6.92 Å². The molecule has 1 rings (SSSR count). The van der Waals surface area contributed by atoms with Crippen molar-refractivity contribution in [2.45, 2.75) is 6.92 Å². The molecule has 0 amide bonds. The molecular formula is C5H3BrF2N2. The number of rotatable bonds is 0. The topological polar surface area (TPSA) is 25.8 Å². The number of halogens is 3. The van der Waals surface area contributed by atoms with E-state index in [0.717, 1.165) is 0 Å². The second-order valence-electron chi connectivity index (χ2n) is 1.68. The van der Waals surface area contributed by atoms with Gasteiger partial charge in [0.15, 0.2) is 0 Å². The first-order valence-electron chi connectivity index (χ1n) is 2.46. The largest absolute Gasteiger partial charge is 0.311 e. The predicted octanol–water partition coefficient (Wildman–Crippen LogP) is 1.83. The van der Waals surface area contributed by atoms with Crippen molar-refractivity contribution in [3.8, 4) is 0 Å². The fourth-order valence-electron chi connectivity index (χ4n) is 0.492. The van der Waals surface area contributed by atoms with E-state index < -0.39 is 12.0 Å². The summed E-state index contributed by atoms with van der Waals surface area (Å²) in [5.74, 6) is -0.870. The maximum atomic E-state index is 12.4. The van der Waals surface area contributed by atoms with Crippen LogP contribution in [0.5, 0.6) is 0 Å². The van der Waals surface area contributed by atoms with E-state index in [0.29, 0.717) is 0 Å². The third kappa shape index (κ3) is 1.29. The van der Waals surface area contributed by atoms with E-state index in [2.05, 4.69) is 25.9 Å². The van der Waals surface area contributed by atoms with Gasteiger partial charge in [-0.15, -0.1) is 0 Å². The Balaban J connectivity index is 3.31. The van der Waals surface area contributed by atoms with E-state index in [4.69, 9.17) is 0 Å². The zero-order valence-electron chi connectivity index (χ0n) is 5.03. The first kappa shape index (κ1) is 7.53. The molecule has 0 spiro atoms. The van der Waals surface area contributed by atoms with Gasteiger partial charge in [-0.05, 0) is 22.9 Å². The summed E-state index contributed by atoms with van der Waals surface area (Å²) in [5.41, 5.74) is 0.255. The highest BCUT2D eigenvalue weighted by atomic mass is 79.9. The molecule has 0 aromatic carbocycles. The van der Waals surface area contributed by atoms with Crippen LogP contribution in [0.4, 0.5) is 8.78 Å². The van der Waals surface area contributed by atoms with Gasteiger partial charge in [-0.1, -0.05) is 0 Å². The zero-order valence-corrected chi connectivity index (χ0v) is 6.61. The summed E-state index contributed by atoms with van der Waals surface area (Å²) in [7, 11) is 0. The van der Waals surface area contributed by atoms with Crippen molar-refractivity contribution in [3.63, 3.8) is 0 Å². The van der Waals surface area contributed by atoms with E-state index in [1.807, 2.05) is 0 Å². The summed E-state index contributed by atoms with van der Waals surface area (Å²) in [4.78, 5) is 6.11. The van der Waals surface area contributed by atoms with Crippen LogP contribution in [0, 0.1) is 18.9 Å². The highest BCUT2D eigenvalue weighted by Crippen LogP contribution is 2.15. The monoisotopic (exact) mass is 208 g/mol. The first-order valence-corrected chi connectivity index (χ1v) is 3.25. The Bertz CT molecular complexity index is 241. The van der Waals surface area contributed by atoms with Gasteiger partial charge in [0.1, 0.15) is 0 Å². The fraction of sp³-hybridized carbons (Fsp3) is 0.200. The van der Waals surface area contributed by atoms with Crippen LogP contribution in [0.3, 0.4) is 0 Å². The quantitative estimate of drug-likeness (QED) is 0.481. The van der Waals surface area contributed by atoms with E-state index in [1.54, 1.807) is 0 Å². The molecule has 0 saturated carbocycles. The minimum atomic E-state index is -1.04. The molecule has 1 aromatic heterocycles. The molecule has 0 saturated heterocycles. The third-order valence-electron chi connectivity index (χ3n) is 0.949. The number of aromatic nitrogens is 2. The maximum absolute atomic E-state index is 12.4. The molecule has 54 valence electrons. The number of aryl methyl sites for hydroxylation is 1. The normalized spacial score (nSPS) is 10.0. The molecule has 2 nitrogen and oxygen atoms in total. The average Bonchev–Trinajstić information content (AvgIpc) is 1.82. The molecule has 0 unspecified atom stereocenters. The summed E-state index contributed by atoms with van der Waals surface area (Å²) in [6, 6.07) is 0. The Hall–Kier alpha value is -0.580. The van der Waals surface area contributed by atoms with Crippen LogP contribution >= 0.6 is 15.9 Å². The van der Waals surface area contributed by atoms with Gasteiger partial charge >= 0.3 is 6.08 Å². The summed E-state index contributed by atoms with van der Waals surface area (Å²) < 4.78 is 24.6. The molecule has 1 heterocycles. The standard InChI is InChI=1S/C5H3BrF2N2/c1-2-3(6)4(7)10-5(8)9-2/h1H3. The second kappa shape index (κ2) is 2.57. The highest BCUT2D eigenvalue weighted by molar-refractivity contribution is 9.10. The first-order chi connectivity index (χ1) is 4.61. The smallest absolute Gasteiger partial charge is 0.206 e. The maximum Gasteiger partial charge on any atom is 0.311 e. The van der Waals surface area contributed by atoms with E-state index in [-0.39, 0.29) is 10.2 Å². The van der Waals surface area contributed by atoms with Gasteiger partial charge in [0.2, 0.25) is 5.95 Å². The van der Waals surface area contributed by atoms with Crippen LogP contribution < -0.4 is 0 Å². The lowest BCUT2D eigenvalue weighted by Gasteiger charge is -1.95. The lowest BCUT2D eigenvalue weighted by molar-refractivity contribution is 0.474. The molecule has 0 bridgehead atoms. The van der Waals surface area contributed by atoms with Crippen molar-refractivity contribution in [2.24, 2.45) is 0 Å². The Kier molecular flexibility index (Phi) is 1.94. The van der Waals surface area contributed by atoms with Gasteiger partial charge in [-0.25, -0.2) is 4.98 Å². The van der Waals surface area contributed by atoms with Gasteiger partial charge in [0, 0.05) is 0 Å². The van der Waals surface area contributed by atoms with Gasteiger partial charge < -0.3 is 0 Å². The SMILES string of the molecule is Cc1nc(F)nc(F)c1Br. The average molecular weight is 209 g/mol. The molecule has 0 atom stereocenters. The van der Waals surface area contributed by atoms with Crippen LogP contribution in [0.2, 0.25) is 0 Å². The molecule has 0 aliphatic rings. The van der Waals surface area contributed by atoms with Crippen LogP contribution in [-0.4, -0.2) is 9.97 Å². The Morgan fingerprint density at radius 2 is 1.90 bits per heavy atom. The van der Waals surface area contributed by atoms with E-state index in [9.17, 15) is 8.78 Å². The summed E-state index contributed by atoms with van der Waals surface area (Å²) in [5, 5.41) is 0. The van der Waals surface area contributed by atoms with Crippen molar-refractivity contribution in [1.29, 1.82) is 0 Å². The number of hydrogen-bond acceptors (Lipinski definition) is 2. The Morgan fingerprint density at radius 1 is 1.30 bits per heavy atom. The van der Waals surface area contributed by atoms with Crippen molar-refractivity contribution in [2.75, 3.05) is 0 Å². The van der Waals surface area contributed by atoms with Crippen molar-refractivity contribution in [1.82, 2.24) is 9.97 Å². The lowest BCUT2D eigenvalue weighted by atomic mass is 10.5. The molecule has 10 heavy (non-hydrogen) atoms. The van der Waals surface area contributed by atoms with Gasteiger partial charge in [-0.3, -0.25) is 0 Å². The highest BCUT2D eigenvalue weighted by Gasteiger charge is 2.06. The van der Waals surface area contributed by atoms with E-state index >= 15 is 0 Å². The Labute approximate surface area is 64.4 Å². The zero-order chi connectivity index (χ0) is 7.72. The summed E-state index contributed by atoms with van der Waals surface area (Å²) >= 11 is 2.85. The van der Waals surface area contributed by atoms with Gasteiger partial charge in [0.05, 0.1) is 10.2 Å². The van der Waals surface area contributed by atoms with Crippen LogP contribution in [0.1, 0.15) is 5.69 Å². The molecule has 0 N–H and O–H groups in total. The second-order valence-corrected chi connectivity index (χ2v) is 2.48. The Morgan fingerprint density at radius 3 is 2.40 bits per heavy atom. The molecule has 5 heteroatoms. The lowest BCUT2D eigenvalue weighted by Crippen LogP contribution is -1.97. The summed E-state index contributed by atoms with van der Waals surface area (Å²) in [6.45, 7) is 1.48. The van der Waals surface area contributed by atoms with Crippen LogP contribution in [0.25, 0.3) is 0 Å². The molecule has 0 fully saturated rings. The molecular weight excluding hydrogens is 206 g/mol. The van der Waals surface area contributed by atoms with Crippen LogP contribution in [0.15, 0.2) is 4.47 Å². The third-order valence-corrected chi connectivity index (χ3v) is 1.85. The van der Waals surface area contributed by atoms with Crippen molar-refractivity contribution >= 4 is 15.9 Å². The molecule has 0 aliphatic heterocycles. The minimum absolute atomic E-state index is 0.105. The summed E-state index contributed by atoms with van der Waals surface area (Å²) in [6.07, 6.45) is -1.04. The van der Waals surface area contributed by atoms with Crippen LogP contribution in [-0.2, 0) is 0 Å². The molecule has 0 radical (unpaired) electrons. The molecule has 1 aromatic rings. The predicted molar refractivity (Wildman–Crippen MR) is 34.4 cm³/mol. The minimum Gasteiger partial charge on any atom is -0.206 e. The van der Waals surface area contributed by atoms with Crippen molar-refractivity contribution in [3.05, 3.63) is 22.2 Å².